The fourth-order valence-electron chi connectivity index (χ4n) is 3.08. The third-order valence-electron chi connectivity index (χ3n) is 4.90. The smallest absolute Gasteiger partial charge is 0.306 e. The van der Waals surface area contributed by atoms with Gasteiger partial charge in [-0.1, -0.05) is 90.9 Å². The molecule has 5 nitrogen and oxygen atoms in total. The Bertz CT molecular complexity index is 370. The van der Waals surface area contributed by atoms with Crippen LogP contribution < -0.4 is 0 Å². The molecule has 0 heterocycles. The van der Waals surface area contributed by atoms with Gasteiger partial charge in [0.05, 0.1) is 6.61 Å². The van der Waals surface area contributed by atoms with Crippen molar-refractivity contribution in [1.29, 1.82) is 0 Å². The first kappa shape index (κ1) is 26.9. The van der Waals surface area contributed by atoms with Gasteiger partial charge in [0.2, 0.25) is 0 Å². The molecule has 0 rings (SSSR count). The molecule has 0 aromatic rings. The maximum absolute atomic E-state index is 11.8. The molecule has 0 unspecified atom stereocenters. The van der Waals surface area contributed by atoms with E-state index in [2.05, 4.69) is 13.8 Å². The summed E-state index contributed by atoms with van der Waals surface area (Å²) >= 11 is 0. The van der Waals surface area contributed by atoms with Crippen LogP contribution in [-0.2, 0) is 19.1 Å². The molecule has 0 spiro atoms. The molecule has 0 aromatic heterocycles. The summed E-state index contributed by atoms with van der Waals surface area (Å²) in [7, 11) is 0. The summed E-state index contributed by atoms with van der Waals surface area (Å²) < 4.78 is 10.4. The van der Waals surface area contributed by atoms with Crippen molar-refractivity contribution in [3.63, 3.8) is 0 Å². The molecule has 0 aliphatic rings. The summed E-state index contributed by atoms with van der Waals surface area (Å²) in [6.07, 6.45) is 16.0. The Morgan fingerprint density at radius 3 is 1.57 bits per heavy atom. The molecule has 0 bridgehead atoms. The molecule has 0 aliphatic heterocycles. The predicted octanol–water partition coefficient (Wildman–Crippen LogP) is 5.72. The van der Waals surface area contributed by atoms with E-state index < -0.39 is 6.10 Å². The summed E-state index contributed by atoms with van der Waals surface area (Å²) in [5.74, 6) is -0.606. The van der Waals surface area contributed by atoms with Crippen LogP contribution in [-0.4, -0.2) is 36.4 Å². The summed E-state index contributed by atoms with van der Waals surface area (Å²) in [4.78, 5) is 23.6. The van der Waals surface area contributed by atoms with Crippen molar-refractivity contribution in [3.8, 4) is 0 Å². The molecule has 5 heteroatoms. The van der Waals surface area contributed by atoms with Gasteiger partial charge in [-0.15, -0.1) is 0 Å². The lowest BCUT2D eigenvalue weighted by Crippen LogP contribution is -2.28. The third-order valence-corrected chi connectivity index (χ3v) is 4.90. The Kier molecular flexibility index (Phi) is 19.8. The monoisotopic (exact) mass is 400 g/mol. The molecule has 0 radical (unpaired) electrons. The molecule has 0 saturated carbocycles. The molecular formula is C23H44O5. The van der Waals surface area contributed by atoms with Crippen LogP contribution in [0.3, 0.4) is 0 Å². The van der Waals surface area contributed by atoms with E-state index in [0.29, 0.717) is 12.8 Å². The maximum atomic E-state index is 11.8. The average Bonchev–Trinajstić information content (AvgIpc) is 2.69. The lowest BCUT2D eigenvalue weighted by molar-refractivity contribution is -0.161. The summed E-state index contributed by atoms with van der Waals surface area (Å²) in [5.41, 5.74) is 0. The first-order chi connectivity index (χ1) is 13.6. The van der Waals surface area contributed by atoms with Gasteiger partial charge in [-0.25, -0.2) is 0 Å². The second-order valence-electron chi connectivity index (χ2n) is 7.72. The Hall–Kier alpha value is -1.10. The van der Waals surface area contributed by atoms with E-state index in [4.69, 9.17) is 9.47 Å². The minimum absolute atomic E-state index is 0.0609. The Labute approximate surface area is 172 Å². The van der Waals surface area contributed by atoms with Gasteiger partial charge >= 0.3 is 11.9 Å². The maximum Gasteiger partial charge on any atom is 0.306 e. The van der Waals surface area contributed by atoms with E-state index in [0.717, 1.165) is 38.5 Å². The molecule has 0 amide bonds. The van der Waals surface area contributed by atoms with Gasteiger partial charge < -0.3 is 14.6 Å². The van der Waals surface area contributed by atoms with Gasteiger partial charge in [-0.05, 0) is 12.8 Å². The summed E-state index contributed by atoms with van der Waals surface area (Å²) in [5, 5.41) is 9.32. The number of hydrogen-bond acceptors (Lipinski definition) is 5. The van der Waals surface area contributed by atoms with Gasteiger partial charge in [0.1, 0.15) is 6.61 Å². The predicted molar refractivity (Wildman–Crippen MR) is 113 cm³/mol. The zero-order chi connectivity index (χ0) is 20.9. The number of carbonyl (C=O) groups excluding carboxylic acids is 2. The Balaban J connectivity index is 3.66. The van der Waals surface area contributed by atoms with E-state index in [-0.39, 0.29) is 25.2 Å². The van der Waals surface area contributed by atoms with Gasteiger partial charge in [0.15, 0.2) is 6.10 Å². The fourth-order valence-corrected chi connectivity index (χ4v) is 3.08. The van der Waals surface area contributed by atoms with Crippen LogP contribution in [0.5, 0.6) is 0 Å². The lowest BCUT2D eigenvalue weighted by Gasteiger charge is -2.15. The van der Waals surface area contributed by atoms with E-state index in [1.165, 1.54) is 51.4 Å². The van der Waals surface area contributed by atoms with Crippen molar-refractivity contribution in [1.82, 2.24) is 0 Å². The molecule has 166 valence electrons. The number of hydrogen-bond donors (Lipinski definition) is 1. The van der Waals surface area contributed by atoms with Crippen LogP contribution in [0, 0.1) is 0 Å². The number of aliphatic hydroxyl groups excluding tert-OH is 1. The van der Waals surface area contributed by atoms with Crippen molar-refractivity contribution < 1.29 is 24.2 Å². The molecule has 1 atom stereocenters. The average molecular weight is 401 g/mol. The summed E-state index contributed by atoms with van der Waals surface area (Å²) in [6.45, 7) is 4.00. The first-order valence-electron chi connectivity index (χ1n) is 11.6. The van der Waals surface area contributed by atoms with Crippen LogP contribution in [0.4, 0.5) is 0 Å². The quantitative estimate of drug-likeness (QED) is 0.209. The third kappa shape index (κ3) is 18.3. The van der Waals surface area contributed by atoms with Gasteiger partial charge in [0.25, 0.3) is 0 Å². The van der Waals surface area contributed by atoms with E-state index in [1.54, 1.807) is 0 Å². The van der Waals surface area contributed by atoms with E-state index >= 15 is 0 Å². The number of ether oxygens (including phenoxy) is 2. The normalized spacial score (nSPS) is 12.0. The number of aliphatic hydroxyl groups is 1. The minimum atomic E-state index is -0.755. The molecule has 0 saturated heterocycles. The molecular weight excluding hydrogens is 356 g/mol. The molecule has 0 aromatic carbocycles. The van der Waals surface area contributed by atoms with Crippen molar-refractivity contribution in [2.24, 2.45) is 0 Å². The zero-order valence-electron chi connectivity index (χ0n) is 18.4. The van der Waals surface area contributed by atoms with Gasteiger partial charge in [-0.3, -0.25) is 9.59 Å². The minimum Gasteiger partial charge on any atom is -0.462 e. The zero-order valence-corrected chi connectivity index (χ0v) is 18.4. The summed E-state index contributed by atoms with van der Waals surface area (Å²) in [6, 6.07) is 0. The highest BCUT2D eigenvalue weighted by molar-refractivity contribution is 5.70. The highest BCUT2D eigenvalue weighted by atomic mass is 16.6. The molecule has 1 N–H and O–H groups in total. The Morgan fingerprint density at radius 1 is 0.679 bits per heavy atom. The lowest BCUT2D eigenvalue weighted by atomic mass is 10.1. The van der Waals surface area contributed by atoms with Gasteiger partial charge in [0, 0.05) is 12.8 Å². The van der Waals surface area contributed by atoms with Crippen molar-refractivity contribution in [2.75, 3.05) is 13.2 Å². The number of unbranched alkanes of at least 4 members (excludes halogenated alkanes) is 12. The van der Waals surface area contributed by atoms with Crippen LogP contribution >= 0.6 is 0 Å². The topological polar surface area (TPSA) is 72.8 Å². The first-order valence-corrected chi connectivity index (χ1v) is 11.6. The Morgan fingerprint density at radius 2 is 1.11 bits per heavy atom. The number of rotatable bonds is 20. The molecule has 0 fully saturated rings. The highest BCUT2D eigenvalue weighted by Crippen LogP contribution is 2.11. The second kappa shape index (κ2) is 20.6. The van der Waals surface area contributed by atoms with Crippen molar-refractivity contribution in [3.05, 3.63) is 0 Å². The van der Waals surface area contributed by atoms with E-state index in [1.807, 2.05) is 0 Å². The van der Waals surface area contributed by atoms with Gasteiger partial charge in [-0.2, -0.15) is 0 Å². The van der Waals surface area contributed by atoms with Crippen LogP contribution in [0.1, 0.15) is 117 Å². The number of carbonyl (C=O) groups is 2. The van der Waals surface area contributed by atoms with Crippen molar-refractivity contribution >= 4 is 11.9 Å². The van der Waals surface area contributed by atoms with Crippen molar-refractivity contribution in [2.45, 2.75) is 123 Å². The SMILES string of the molecule is CCCCCCCCCCC(=O)OC[C@H](CO)OC(=O)CCCCCCCC. The second-order valence-corrected chi connectivity index (χ2v) is 7.72. The standard InChI is InChI=1S/C23H44O5/c1-3-5-7-9-11-12-14-15-17-22(25)27-20-21(19-24)28-23(26)18-16-13-10-8-6-4-2/h21,24H,3-20H2,1-2H3/t21-/m0/s1. The van der Waals surface area contributed by atoms with Crippen LogP contribution in [0.15, 0.2) is 0 Å². The van der Waals surface area contributed by atoms with E-state index in [9.17, 15) is 14.7 Å². The number of esters is 2. The largest absolute Gasteiger partial charge is 0.462 e. The highest BCUT2D eigenvalue weighted by Gasteiger charge is 2.15. The fraction of sp³-hybridized carbons (Fsp3) is 0.913. The molecule has 28 heavy (non-hydrogen) atoms. The molecule has 0 aliphatic carbocycles. The van der Waals surface area contributed by atoms with Crippen LogP contribution in [0.2, 0.25) is 0 Å². The van der Waals surface area contributed by atoms with Crippen LogP contribution in [0.25, 0.3) is 0 Å².